The topological polar surface area (TPSA) is 23.8 Å². The molecule has 0 unspecified atom stereocenters. The zero-order valence-corrected chi connectivity index (χ0v) is 6.93. The minimum Gasteiger partial charge on any atom is -0.195 e. The van der Waals surface area contributed by atoms with E-state index in [2.05, 4.69) is 0 Å². The summed E-state index contributed by atoms with van der Waals surface area (Å²) in [5.74, 6) is 0. The van der Waals surface area contributed by atoms with E-state index in [0.717, 1.165) is 20.7 Å². The van der Waals surface area contributed by atoms with E-state index in [-0.39, 0.29) is 5.13 Å². The molecule has 0 atom stereocenters. The van der Waals surface area contributed by atoms with Gasteiger partial charge in [-0.2, -0.15) is 9.65 Å². The summed E-state index contributed by atoms with van der Waals surface area (Å²) >= 11 is 2.42. The molecule has 0 fully saturated rings. The molecule has 1 nitrogen and oxygen atoms in total. The largest absolute Gasteiger partial charge is 0.195 e. The molecule has 0 aromatic carbocycles. The van der Waals surface area contributed by atoms with Crippen LogP contribution in [-0.4, -0.2) is 0 Å². The first-order valence-electron chi connectivity index (χ1n) is 2.88. The first kappa shape index (κ1) is 6.77. The fraction of sp³-hybridized carbons (Fsp3) is 0. The van der Waals surface area contributed by atoms with E-state index in [1.807, 2.05) is 6.07 Å². The number of nitriles is 1. The second-order valence-electron chi connectivity index (χ2n) is 2.02. The summed E-state index contributed by atoms with van der Waals surface area (Å²) in [7, 11) is 0. The minimum atomic E-state index is -0.185. The van der Waals surface area contributed by atoms with Crippen molar-refractivity contribution < 1.29 is 4.39 Å². The average Bonchev–Trinajstić information content (AvgIpc) is 2.43. The first-order chi connectivity index (χ1) is 5.29. The molecular weight excluding hydrogens is 181 g/mol. The van der Waals surface area contributed by atoms with Crippen LogP contribution in [0.2, 0.25) is 0 Å². The maximum absolute atomic E-state index is 12.5. The monoisotopic (exact) mass is 183 g/mol. The van der Waals surface area contributed by atoms with Gasteiger partial charge in [-0.05, 0) is 12.1 Å². The summed E-state index contributed by atoms with van der Waals surface area (Å²) < 4.78 is 13.4. The van der Waals surface area contributed by atoms with Gasteiger partial charge in [-0.15, -0.1) is 11.3 Å². The highest BCUT2D eigenvalue weighted by atomic mass is 32.2. The number of fused-ring (bicyclic) bond motifs is 1. The van der Waals surface area contributed by atoms with Crippen LogP contribution in [0.15, 0.2) is 12.1 Å². The van der Waals surface area contributed by atoms with Gasteiger partial charge in [0, 0.05) is 5.39 Å². The Morgan fingerprint density at radius 2 is 2.18 bits per heavy atom. The summed E-state index contributed by atoms with van der Waals surface area (Å²) in [5, 5.41) is 9.15. The maximum Gasteiger partial charge on any atom is 0.178 e. The Balaban J connectivity index is 2.76. The lowest BCUT2D eigenvalue weighted by molar-refractivity contribution is 0.658. The molecule has 2 aromatic heterocycles. The van der Waals surface area contributed by atoms with Crippen LogP contribution in [0.25, 0.3) is 9.40 Å². The molecule has 0 spiro atoms. The van der Waals surface area contributed by atoms with Crippen LogP contribution in [0.3, 0.4) is 0 Å². The lowest BCUT2D eigenvalue weighted by atomic mass is 10.4. The van der Waals surface area contributed by atoms with Gasteiger partial charge in [-0.25, -0.2) is 0 Å². The zero-order valence-electron chi connectivity index (χ0n) is 5.30. The summed E-state index contributed by atoms with van der Waals surface area (Å²) in [6, 6.07) is 5.19. The minimum absolute atomic E-state index is 0.185. The van der Waals surface area contributed by atoms with Crippen LogP contribution in [0.1, 0.15) is 4.88 Å². The lowest BCUT2D eigenvalue weighted by Crippen LogP contribution is -1.55. The highest BCUT2D eigenvalue weighted by molar-refractivity contribution is 7.37. The highest BCUT2D eigenvalue weighted by Gasteiger charge is 2.04. The zero-order chi connectivity index (χ0) is 7.84. The van der Waals surface area contributed by atoms with Gasteiger partial charge in [-0.3, -0.25) is 0 Å². The summed E-state index contributed by atoms with van der Waals surface area (Å²) in [5.41, 5.74) is 0. The number of halogens is 1. The van der Waals surface area contributed by atoms with Crippen molar-refractivity contribution in [2.75, 3.05) is 0 Å². The van der Waals surface area contributed by atoms with Crippen LogP contribution in [0.4, 0.5) is 4.39 Å². The third kappa shape index (κ3) is 1.02. The number of hydrogen-bond acceptors (Lipinski definition) is 3. The molecule has 54 valence electrons. The molecule has 11 heavy (non-hydrogen) atoms. The van der Waals surface area contributed by atoms with Crippen LogP contribution >= 0.6 is 22.7 Å². The molecule has 2 aromatic rings. The van der Waals surface area contributed by atoms with Gasteiger partial charge in [0.25, 0.3) is 0 Å². The number of rotatable bonds is 0. The Kier molecular flexibility index (Phi) is 1.41. The molecule has 2 rings (SSSR count). The molecular formula is C7H2FNS2. The average molecular weight is 183 g/mol. The fourth-order valence-corrected chi connectivity index (χ4v) is 2.80. The van der Waals surface area contributed by atoms with Crippen molar-refractivity contribution in [2.24, 2.45) is 0 Å². The Morgan fingerprint density at radius 1 is 1.36 bits per heavy atom. The molecule has 0 N–H and O–H groups in total. The van der Waals surface area contributed by atoms with E-state index in [1.54, 1.807) is 6.07 Å². The SMILES string of the molecule is N#Cc1cc2cc(F)sc2s1. The summed E-state index contributed by atoms with van der Waals surface area (Å²) in [6.45, 7) is 0. The van der Waals surface area contributed by atoms with Gasteiger partial charge in [0.05, 0.1) is 4.01 Å². The summed E-state index contributed by atoms with van der Waals surface area (Å²) in [6.07, 6.45) is 0. The van der Waals surface area contributed by atoms with Gasteiger partial charge < -0.3 is 0 Å². The van der Waals surface area contributed by atoms with E-state index in [1.165, 1.54) is 17.4 Å². The molecule has 0 aliphatic heterocycles. The second-order valence-corrected chi connectivity index (χ2v) is 4.33. The quantitative estimate of drug-likeness (QED) is 0.616. The predicted molar refractivity (Wildman–Crippen MR) is 44.4 cm³/mol. The van der Waals surface area contributed by atoms with Gasteiger partial charge >= 0.3 is 0 Å². The fourth-order valence-electron chi connectivity index (χ4n) is 0.864. The van der Waals surface area contributed by atoms with Crippen molar-refractivity contribution in [2.45, 2.75) is 0 Å². The van der Waals surface area contributed by atoms with Gasteiger partial charge in [0.2, 0.25) is 0 Å². The summed E-state index contributed by atoms with van der Waals surface area (Å²) in [4.78, 5) is 0.645. The molecule has 4 heteroatoms. The van der Waals surface area contributed by atoms with E-state index in [0.29, 0.717) is 4.88 Å². The van der Waals surface area contributed by atoms with Crippen molar-refractivity contribution in [1.29, 1.82) is 5.26 Å². The first-order valence-corrected chi connectivity index (χ1v) is 4.52. The van der Waals surface area contributed by atoms with Gasteiger partial charge in [0.1, 0.15) is 10.9 Å². The van der Waals surface area contributed by atoms with Crippen LogP contribution in [0, 0.1) is 16.5 Å². The molecule has 0 amide bonds. The van der Waals surface area contributed by atoms with Crippen molar-refractivity contribution in [3.05, 3.63) is 22.1 Å². The lowest BCUT2D eigenvalue weighted by Gasteiger charge is -1.70. The third-order valence-corrected chi connectivity index (χ3v) is 3.38. The molecule has 0 aliphatic rings. The third-order valence-electron chi connectivity index (χ3n) is 1.29. The van der Waals surface area contributed by atoms with E-state index < -0.39 is 0 Å². The van der Waals surface area contributed by atoms with Crippen molar-refractivity contribution in [3.63, 3.8) is 0 Å². The van der Waals surface area contributed by atoms with E-state index in [4.69, 9.17) is 5.26 Å². The number of nitrogens with zero attached hydrogens (tertiary/aromatic N) is 1. The molecule has 2 heterocycles. The van der Waals surface area contributed by atoms with Crippen LogP contribution < -0.4 is 0 Å². The Hall–Kier alpha value is -0.920. The molecule has 0 saturated heterocycles. The van der Waals surface area contributed by atoms with Gasteiger partial charge in [0.15, 0.2) is 5.13 Å². The van der Waals surface area contributed by atoms with Crippen molar-refractivity contribution in [1.82, 2.24) is 0 Å². The molecule has 0 saturated carbocycles. The molecule has 0 bridgehead atoms. The molecule has 0 aliphatic carbocycles. The van der Waals surface area contributed by atoms with Gasteiger partial charge in [-0.1, -0.05) is 11.3 Å². The smallest absolute Gasteiger partial charge is 0.178 e. The van der Waals surface area contributed by atoms with E-state index in [9.17, 15) is 4.39 Å². The highest BCUT2D eigenvalue weighted by Crippen LogP contribution is 2.31. The van der Waals surface area contributed by atoms with Crippen LogP contribution in [-0.2, 0) is 0 Å². The van der Waals surface area contributed by atoms with Crippen LogP contribution in [0.5, 0.6) is 0 Å². The Labute approximate surface area is 70.3 Å². The van der Waals surface area contributed by atoms with Crippen molar-refractivity contribution >= 4 is 32.1 Å². The number of thiophene rings is 2. The maximum atomic E-state index is 12.5. The molecule has 0 radical (unpaired) electrons. The van der Waals surface area contributed by atoms with Crippen molar-refractivity contribution in [3.8, 4) is 6.07 Å². The van der Waals surface area contributed by atoms with E-state index >= 15 is 0 Å². The Bertz CT molecular complexity index is 403. The standard InChI is InChI=1S/C7H2FNS2/c8-6-2-4-1-5(3-9)10-7(4)11-6/h1-2H. The number of hydrogen-bond donors (Lipinski definition) is 0. The normalized spacial score (nSPS) is 10.2. The second kappa shape index (κ2) is 2.29. The predicted octanol–water partition coefficient (Wildman–Crippen LogP) is 2.97. The Morgan fingerprint density at radius 3 is 2.82 bits per heavy atom.